The SMILES string of the molecule is [N-]=[N+]=Nc1ncc(Cc2cccs2)c(=O)[nH]1. The molecule has 16 heavy (non-hydrogen) atoms. The molecule has 0 unspecified atom stereocenters. The van der Waals surface area contributed by atoms with E-state index in [9.17, 15) is 4.79 Å². The van der Waals surface area contributed by atoms with Gasteiger partial charge in [0.25, 0.3) is 5.56 Å². The van der Waals surface area contributed by atoms with E-state index in [1.165, 1.54) is 6.20 Å². The molecule has 1 N–H and O–H groups in total. The van der Waals surface area contributed by atoms with Gasteiger partial charge in [-0.05, 0) is 22.1 Å². The van der Waals surface area contributed by atoms with Crippen LogP contribution in [0.25, 0.3) is 10.4 Å². The highest BCUT2D eigenvalue weighted by Gasteiger charge is 2.03. The minimum absolute atomic E-state index is 0.0116. The first kappa shape index (κ1) is 10.4. The molecule has 2 rings (SSSR count). The number of nitrogens with zero attached hydrogens (tertiary/aromatic N) is 4. The summed E-state index contributed by atoms with van der Waals surface area (Å²) in [6.45, 7) is 0. The third kappa shape index (κ3) is 2.28. The van der Waals surface area contributed by atoms with Crippen molar-refractivity contribution in [1.82, 2.24) is 9.97 Å². The highest BCUT2D eigenvalue weighted by Crippen LogP contribution is 2.12. The van der Waals surface area contributed by atoms with Crippen LogP contribution in [0.15, 0.2) is 33.6 Å². The zero-order valence-corrected chi connectivity index (χ0v) is 8.94. The van der Waals surface area contributed by atoms with Crippen LogP contribution < -0.4 is 5.56 Å². The second kappa shape index (κ2) is 4.61. The maximum Gasteiger partial charge on any atom is 0.254 e. The van der Waals surface area contributed by atoms with Crippen molar-refractivity contribution in [3.8, 4) is 0 Å². The van der Waals surface area contributed by atoms with Crippen molar-refractivity contribution in [1.29, 1.82) is 0 Å². The first-order valence-corrected chi connectivity index (χ1v) is 5.33. The Kier molecular flexibility index (Phi) is 3.00. The predicted molar refractivity (Wildman–Crippen MR) is 60.8 cm³/mol. The second-order valence-corrected chi connectivity index (χ2v) is 4.04. The molecule has 0 fully saturated rings. The molecule has 0 saturated heterocycles. The molecule has 0 amide bonds. The summed E-state index contributed by atoms with van der Waals surface area (Å²) in [6, 6.07) is 3.88. The lowest BCUT2D eigenvalue weighted by atomic mass is 10.2. The van der Waals surface area contributed by atoms with E-state index in [0.717, 1.165) is 4.88 Å². The summed E-state index contributed by atoms with van der Waals surface area (Å²) in [6.07, 6.45) is 1.97. The number of aromatic amines is 1. The predicted octanol–water partition coefficient (Wildman–Crippen LogP) is 2.36. The van der Waals surface area contributed by atoms with Gasteiger partial charge in [-0.1, -0.05) is 6.07 Å². The lowest BCUT2D eigenvalue weighted by Crippen LogP contribution is -2.12. The van der Waals surface area contributed by atoms with Crippen LogP contribution in [0.3, 0.4) is 0 Å². The zero-order chi connectivity index (χ0) is 11.4. The topological polar surface area (TPSA) is 94.5 Å². The first-order valence-electron chi connectivity index (χ1n) is 4.45. The van der Waals surface area contributed by atoms with Gasteiger partial charge < -0.3 is 4.98 Å². The van der Waals surface area contributed by atoms with Gasteiger partial charge >= 0.3 is 0 Å². The molecule has 0 radical (unpaired) electrons. The lowest BCUT2D eigenvalue weighted by molar-refractivity contribution is 1.02. The number of hydrogen-bond donors (Lipinski definition) is 1. The van der Waals surface area contributed by atoms with Crippen LogP contribution in [-0.2, 0) is 6.42 Å². The Morgan fingerprint density at radius 1 is 1.62 bits per heavy atom. The van der Waals surface area contributed by atoms with Crippen molar-refractivity contribution in [2.24, 2.45) is 5.11 Å². The molecule has 0 spiro atoms. The van der Waals surface area contributed by atoms with Gasteiger partial charge in [-0.3, -0.25) is 4.79 Å². The summed E-state index contributed by atoms with van der Waals surface area (Å²) in [5.41, 5.74) is 8.47. The second-order valence-electron chi connectivity index (χ2n) is 3.01. The fourth-order valence-electron chi connectivity index (χ4n) is 1.23. The molecule has 0 aliphatic rings. The summed E-state index contributed by atoms with van der Waals surface area (Å²) in [5.74, 6) is -0.0116. The van der Waals surface area contributed by atoms with E-state index in [-0.39, 0.29) is 11.5 Å². The van der Waals surface area contributed by atoms with Crippen LogP contribution in [0.2, 0.25) is 0 Å². The number of thiophene rings is 1. The lowest BCUT2D eigenvalue weighted by Gasteiger charge is -1.97. The van der Waals surface area contributed by atoms with Gasteiger partial charge in [0.05, 0.1) is 0 Å². The Bertz CT molecular complexity index is 582. The number of rotatable bonds is 3. The maximum atomic E-state index is 11.6. The molecule has 0 atom stereocenters. The van der Waals surface area contributed by atoms with E-state index in [0.29, 0.717) is 12.0 Å². The van der Waals surface area contributed by atoms with E-state index < -0.39 is 0 Å². The molecule has 0 aromatic carbocycles. The minimum atomic E-state index is -0.272. The molecule has 2 aromatic rings. The quantitative estimate of drug-likeness (QED) is 0.500. The number of aromatic nitrogens is 2. The van der Waals surface area contributed by atoms with E-state index in [4.69, 9.17) is 5.53 Å². The molecular weight excluding hydrogens is 226 g/mol. The Hall–Kier alpha value is -2.11. The fourth-order valence-corrected chi connectivity index (χ4v) is 1.96. The van der Waals surface area contributed by atoms with Gasteiger partial charge in [0.15, 0.2) is 5.95 Å². The summed E-state index contributed by atoms with van der Waals surface area (Å²) < 4.78 is 0. The molecule has 6 nitrogen and oxygen atoms in total. The molecule has 2 heterocycles. The fraction of sp³-hybridized carbons (Fsp3) is 0.111. The van der Waals surface area contributed by atoms with Crippen LogP contribution in [0.4, 0.5) is 5.95 Å². The number of hydrogen-bond acceptors (Lipinski definition) is 4. The molecular formula is C9H7N5OS. The summed E-state index contributed by atoms with van der Waals surface area (Å²) in [5, 5.41) is 5.17. The number of nitrogens with one attached hydrogen (secondary N) is 1. The summed E-state index contributed by atoms with van der Waals surface area (Å²) in [4.78, 5) is 21.4. The van der Waals surface area contributed by atoms with Gasteiger partial charge in [-0.2, -0.15) is 0 Å². The third-order valence-electron chi connectivity index (χ3n) is 1.94. The van der Waals surface area contributed by atoms with Gasteiger partial charge in [0.2, 0.25) is 0 Å². The van der Waals surface area contributed by atoms with Crippen LogP contribution in [0.1, 0.15) is 10.4 Å². The van der Waals surface area contributed by atoms with Crippen LogP contribution in [0, 0.1) is 0 Å². The number of H-pyrrole nitrogens is 1. The number of azide groups is 1. The Labute approximate surface area is 94.2 Å². The van der Waals surface area contributed by atoms with Crippen molar-refractivity contribution in [3.05, 3.63) is 54.9 Å². The van der Waals surface area contributed by atoms with E-state index in [2.05, 4.69) is 20.0 Å². The van der Waals surface area contributed by atoms with E-state index >= 15 is 0 Å². The van der Waals surface area contributed by atoms with Crippen molar-refractivity contribution < 1.29 is 0 Å². The molecule has 0 bridgehead atoms. The normalized spacial score (nSPS) is 9.75. The largest absolute Gasteiger partial charge is 0.305 e. The highest BCUT2D eigenvalue weighted by molar-refractivity contribution is 7.09. The monoisotopic (exact) mass is 233 g/mol. The smallest absolute Gasteiger partial charge is 0.254 e. The van der Waals surface area contributed by atoms with Gasteiger partial charge in [0, 0.05) is 28.0 Å². The van der Waals surface area contributed by atoms with E-state index in [1.54, 1.807) is 11.3 Å². The Morgan fingerprint density at radius 2 is 2.50 bits per heavy atom. The molecule has 0 aliphatic heterocycles. The Morgan fingerprint density at radius 3 is 3.12 bits per heavy atom. The Balaban J connectivity index is 2.30. The van der Waals surface area contributed by atoms with Gasteiger partial charge in [-0.15, -0.1) is 11.3 Å². The van der Waals surface area contributed by atoms with Crippen LogP contribution in [0.5, 0.6) is 0 Å². The van der Waals surface area contributed by atoms with Crippen molar-refractivity contribution in [3.63, 3.8) is 0 Å². The van der Waals surface area contributed by atoms with Crippen LogP contribution in [-0.4, -0.2) is 9.97 Å². The third-order valence-corrected chi connectivity index (χ3v) is 2.82. The van der Waals surface area contributed by atoms with E-state index in [1.807, 2.05) is 17.5 Å². The molecule has 2 aromatic heterocycles. The van der Waals surface area contributed by atoms with Gasteiger partial charge in [-0.25, -0.2) is 4.98 Å². The molecule has 0 saturated carbocycles. The molecule has 80 valence electrons. The first-order chi connectivity index (χ1) is 7.79. The summed E-state index contributed by atoms with van der Waals surface area (Å²) in [7, 11) is 0. The zero-order valence-electron chi connectivity index (χ0n) is 8.12. The molecule has 0 aliphatic carbocycles. The van der Waals surface area contributed by atoms with Gasteiger partial charge in [0.1, 0.15) is 0 Å². The van der Waals surface area contributed by atoms with Crippen molar-refractivity contribution in [2.45, 2.75) is 6.42 Å². The molecule has 7 heteroatoms. The highest BCUT2D eigenvalue weighted by atomic mass is 32.1. The minimum Gasteiger partial charge on any atom is -0.305 e. The average Bonchev–Trinajstić information content (AvgIpc) is 2.75. The summed E-state index contributed by atoms with van der Waals surface area (Å²) >= 11 is 1.58. The van der Waals surface area contributed by atoms with Crippen molar-refractivity contribution in [2.75, 3.05) is 0 Å². The standard InChI is InChI=1S/C9H7N5OS/c10-14-13-9-11-5-6(8(15)12-9)4-7-2-1-3-16-7/h1-3,5H,4H2,(H,11,12,15). The van der Waals surface area contributed by atoms with Crippen LogP contribution >= 0.6 is 11.3 Å². The maximum absolute atomic E-state index is 11.6. The average molecular weight is 233 g/mol. The van der Waals surface area contributed by atoms with Crippen molar-refractivity contribution >= 4 is 17.3 Å².